The van der Waals surface area contributed by atoms with Gasteiger partial charge in [-0.15, -0.1) is 11.3 Å². The smallest absolute Gasteiger partial charge is 0.310 e. The Bertz CT molecular complexity index is 1640. The molecule has 0 radical (unpaired) electrons. The fourth-order valence-electron chi connectivity index (χ4n) is 4.20. The number of rotatable bonds is 11. The molecule has 40 heavy (non-hydrogen) atoms. The van der Waals surface area contributed by atoms with Gasteiger partial charge in [-0.05, 0) is 29.3 Å². The van der Waals surface area contributed by atoms with Gasteiger partial charge in [-0.1, -0.05) is 36.4 Å². The average Bonchev–Trinajstić information content (AvgIpc) is 3.47. The Labute approximate surface area is 234 Å². The van der Waals surface area contributed by atoms with Crippen molar-refractivity contribution >= 4 is 34.0 Å². The number of nitrogens with zero attached hydrogens (tertiary/aromatic N) is 2. The lowest BCUT2D eigenvalue weighted by Crippen LogP contribution is -2.09. The van der Waals surface area contributed by atoms with Gasteiger partial charge in [-0.3, -0.25) is 14.6 Å². The van der Waals surface area contributed by atoms with E-state index >= 15 is 0 Å². The Morgan fingerprint density at radius 2 is 1.73 bits per heavy atom. The fraction of sp³-hybridized carbons (Fsp3) is 0.161. The molecule has 202 valence electrons. The molecule has 0 aliphatic heterocycles. The van der Waals surface area contributed by atoms with Gasteiger partial charge in [0.25, 0.3) is 0 Å². The Kier molecular flexibility index (Phi) is 8.41. The highest BCUT2D eigenvalue weighted by atomic mass is 32.1. The molecule has 0 bridgehead atoms. The summed E-state index contributed by atoms with van der Waals surface area (Å²) >= 11 is 1.39. The molecule has 7 nitrogen and oxygen atoms in total. The van der Waals surface area contributed by atoms with Gasteiger partial charge in [-0.25, -0.2) is 9.37 Å². The number of aromatic nitrogens is 2. The molecule has 0 amide bonds. The molecule has 2 heterocycles. The van der Waals surface area contributed by atoms with E-state index in [1.807, 2.05) is 30.3 Å². The summed E-state index contributed by atoms with van der Waals surface area (Å²) in [5, 5.41) is 3.13. The zero-order valence-corrected chi connectivity index (χ0v) is 22.4. The van der Waals surface area contributed by atoms with Crippen molar-refractivity contribution in [2.45, 2.75) is 25.9 Å². The van der Waals surface area contributed by atoms with E-state index in [2.05, 4.69) is 9.97 Å². The molecular weight excluding hydrogens is 531 g/mol. The molecule has 0 unspecified atom stereocenters. The van der Waals surface area contributed by atoms with Gasteiger partial charge in [0.2, 0.25) is 0 Å². The molecule has 5 aromatic rings. The lowest BCUT2D eigenvalue weighted by atomic mass is 10.1. The van der Waals surface area contributed by atoms with Crippen molar-refractivity contribution < 1.29 is 28.2 Å². The van der Waals surface area contributed by atoms with Crippen LogP contribution >= 0.6 is 11.3 Å². The van der Waals surface area contributed by atoms with Gasteiger partial charge < -0.3 is 14.2 Å². The Hall–Kier alpha value is -4.63. The summed E-state index contributed by atoms with van der Waals surface area (Å²) in [6, 6.07) is 19.0. The summed E-state index contributed by atoms with van der Waals surface area (Å²) in [7, 11) is 1.52. The van der Waals surface area contributed by atoms with Crippen molar-refractivity contribution in [1.82, 2.24) is 9.97 Å². The fourth-order valence-corrected chi connectivity index (χ4v) is 4.85. The van der Waals surface area contributed by atoms with E-state index in [0.717, 1.165) is 5.56 Å². The molecule has 0 atom stereocenters. The number of ketones is 1. The van der Waals surface area contributed by atoms with Crippen LogP contribution in [0.4, 0.5) is 4.39 Å². The number of methoxy groups -OCH3 is 1. The second kappa shape index (κ2) is 12.5. The van der Waals surface area contributed by atoms with Crippen molar-refractivity contribution in [1.29, 1.82) is 0 Å². The molecular formula is C31H25FN2O5S. The molecule has 0 spiro atoms. The SMILES string of the molecule is COc1cc2nccc(Oc3ccc(CC(=O)Cc4nccs4)c(F)c3)c2cc1CC(=O)OCc1ccccc1. The number of Topliss-reactive ketones (excluding diaryl/α,β-unsaturated/α-hetero) is 1. The van der Waals surface area contributed by atoms with Crippen molar-refractivity contribution in [2.75, 3.05) is 7.11 Å². The summed E-state index contributed by atoms with van der Waals surface area (Å²) in [5.41, 5.74) is 2.37. The second-order valence-electron chi connectivity index (χ2n) is 8.99. The average molecular weight is 557 g/mol. The first-order valence-electron chi connectivity index (χ1n) is 12.5. The van der Waals surface area contributed by atoms with E-state index in [0.29, 0.717) is 33.0 Å². The van der Waals surface area contributed by atoms with Crippen LogP contribution in [0.25, 0.3) is 10.9 Å². The minimum absolute atomic E-state index is 0.0153. The maximum atomic E-state index is 14.9. The standard InChI is InChI=1S/C31H25FN2O5S/c1-37-29-18-27-25(14-22(29)15-31(36)38-19-20-5-3-2-4-6-20)28(9-10-33-27)39-24-8-7-21(26(32)17-24)13-23(35)16-30-34-11-12-40-30/h2-12,14,17-18H,13,15-16,19H2,1H3. The van der Waals surface area contributed by atoms with E-state index in [4.69, 9.17) is 14.2 Å². The Balaban J connectivity index is 1.32. The summed E-state index contributed by atoms with van der Waals surface area (Å²) in [6.07, 6.45) is 3.34. The Morgan fingerprint density at radius 3 is 2.48 bits per heavy atom. The molecule has 0 saturated carbocycles. The number of benzene rings is 3. The van der Waals surface area contributed by atoms with Crippen molar-refractivity contribution in [3.8, 4) is 17.2 Å². The van der Waals surface area contributed by atoms with E-state index in [-0.39, 0.29) is 43.0 Å². The highest BCUT2D eigenvalue weighted by molar-refractivity contribution is 7.09. The van der Waals surface area contributed by atoms with Gasteiger partial charge in [-0.2, -0.15) is 0 Å². The zero-order chi connectivity index (χ0) is 27.9. The van der Waals surface area contributed by atoms with Crippen LogP contribution in [0, 0.1) is 5.82 Å². The van der Waals surface area contributed by atoms with Crippen molar-refractivity contribution in [3.63, 3.8) is 0 Å². The molecule has 3 aromatic carbocycles. The number of hydrogen-bond donors (Lipinski definition) is 0. The number of ether oxygens (including phenoxy) is 3. The number of esters is 1. The third-order valence-electron chi connectivity index (χ3n) is 6.15. The predicted octanol–water partition coefficient (Wildman–Crippen LogP) is 6.27. The first-order valence-corrected chi connectivity index (χ1v) is 13.4. The Morgan fingerprint density at radius 1 is 0.875 bits per heavy atom. The van der Waals surface area contributed by atoms with Crippen LogP contribution in [0.2, 0.25) is 0 Å². The summed E-state index contributed by atoms with van der Waals surface area (Å²) in [5.74, 6) is 0.124. The number of carbonyl (C=O) groups is 2. The molecule has 0 aliphatic rings. The molecule has 0 N–H and O–H groups in total. The maximum absolute atomic E-state index is 14.9. The lowest BCUT2D eigenvalue weighted by molar-refractivity contribution is -0.144. The van der Waals surface area contributed by atoms with Crippen LogP contribution in [0.15, 0.2) is 84.5 Å². The maximum Gasteiger partial charge on any atom is 0.310 e. The van der Waals surface area contributed by atoms with Crippen molar-refractivity contribution in [2.24, 2.45) is 0 Å². The van der Waals surface area contributed by atoms with Gasteiger partial charge >= 0.3 is 5.97 Å². The van der Waals surface area contributed by atoms with Crippen LogP contribution in [0.3, 0.4) is 0 Å². The number of fused-ring (bicyclic) bond motifs is 1. The zero-order valence-electron chi connectivity index (χ0n) is 21.6. The quantitative estimate of drug-likeness (QED) is 0.177. The third-order valence-corrected chi connectivity index (χ3v) is 6.93. The minimum atomic E-state index is -0.535. The van der Waals surface area contributed by atoms with Gasteiger partial charge in [0.15, 0.2) is 0 Å². The predicted molar refractivity (Wildman–Crippen MR) is 149 cm³/mol. The largest absolute Gasteiger partial charge is 0.496 e. The number of hydrogen-bond acceptors (Lipinski definition) is 8. The number of halogens is 1. The van der Waals surface area contributed by atoms with Gasteiger partial charge in [0, 0.05) is 47.3 Å². The first kappa shape index (κ1) is 27.0. The van der Waals surface area contributed by atoms with E-state index in [1.165, 1.54) is 24.5 Å². The second-order valence-corrected chi connectivity index (χ2v) is 9.97. The highest BCUT2D eigenvalue weighted by Gasteiger charge is 2.16. The number of carbonyl (C=O) groups excluding carboxylic acids is 2. The van der Waals surface area contributed by atoms with E-state index in [9.17, 15) is 14.0 Å². The van der Waals surface area contributed by atoms with Crippen LogP contribution in [-0.2, 0) is 40.2 Å². The van der Waals surface area contributed by atoms with Crippen LogP contribution < -0.4 is 9.47 Å². The molecule has 2 aromatic heterocycles. The molecule has 0 aliphatic carbocycles. The summed E-state index contributed by atoms with van der Waals surface area (Å²) in [4.78, 5) is 33.5. The summed E-state index contributed by atoms with van der Waals surface area (Å²) in [6.45, 7) is 0.170. The normalized spacial score (nSPS) is 10.8. The topological polar surface area (TPSA) is 87.6 Å². The van der Waals surface area contributed by atoms with Gasteiger partial charge in [0.1, 0.15) is 35.5 Å². The lowest BCUT2D eigenvalue weighted by Gasteiger charge is -2.14. The van der Waals surface area contributed by atoms with E-state index < -0.39 is 11.8 Å². The van der Waals surface area contributed by atoms with Crippen LogP contribution in [0.1, 0.15) is 21.7 Å². The van der Waals surface area contributed by atoms with Crippen molar-refractivity contribution in [3.05, 3.63) is 112 Å². The first-order chi connectivity index (χ1) is 19.5. The molecule has 5 rings (SSSR count). The van der Waals surface area contributed by atoms with Crippen LogP contribution in [-0.4, -0.2) is 28.8 Å². The number of pyridine rings is 1. The number of thiazole rings is 1. The molecule has 0 fully saturated rings. The van der Waals surface area contributed by atoms with Crippen LogP contribution in [0.5, 0.6) is 17.2 Å². The summed E-state index contributed by atoms with van der Waals surface area (Å²) < 4.78 is 31.8. The van der Waals surface area contributed by atoms with Gasteiger partial charge in [0.05, 0.1) is 30.5 Å². The minimum Gasteiger partial charge on any atom is -0.496 e. The molecule has 0 saturated heterocycles. The van der Waals surface area contributed by atoms with E-state index in [1.54, 1.807) is 48.1 Å². The third kappa shape index (κ3) is 6.68. The monoisotopic (exact) mass is 556 g/mol. The molecule has 9 heteroatoms. The highest BCUT2D eigenvalue weighted by Crippen LogP contribution is 2.34.